The molecule has 0 bridgehead atoms. The number of hydrogen-bond donors (Lipinski definition) is 3. The van der Waals surface area contributed by atoms with E-state index < -0.39 is 36.2 Å². The van der Waals surface area contributed by atoms with Crippen LogP contribution in [0, 0.1) is 5.92 Å². The number of amides is 2. The highest BCUT2D eigenvalue weighted by Gasteiger charge is 2.37. The van der Waals surface area contributed by atoms with Gasteiger partial charge in [-0.25, -0.2) is 9.59 Å². The van der Waals surface area contributed by atoms with Crippen molar-refractivity contribution in [3.63, 3.8) is 0 Å². The Hall–Kier alpha value is -3.39. The maximum absolute atomic E-state index is 12.9. The Kier molecular flexibility index (Phi) is 7.17. The molecule has 3 unspecified atom stereocenters. The average Bonchev–Trinajstić information content (AvgIpc) is 3.12. The van der Waals surface area contributed by atoms with E-state index in [-0.39, 0.29) is 18.4 Å². The van der Waals surface area contributed by atoms with Gasteiger partial charge in [0.1, 0.15) is 18.7 Å². The van der Waals surface area contributed by atoms with Crippen molar-refractivity contribution in [3.05, 3.63) is 59.7 Å². The summed E-state index contributed by atoms with van der Waals surface area (Å²) in [4.78, 5) is 37.2. The van der Waals surface area contributed by atoms with Crippen LogP contribution in [0.25, 0.3) is 11.1 Å². The summed E-state index contributed by atoms with van der Waals surface area (Å²) in [6.45, 7) is 1.74. The minimum absolute atomic E-state index is 0.102. The van der Waals surface area contributed by atoms with Gasteiger partial charge in [0, 0.05) is 13.0 Å². The SMILES string of the molecule is COC(C)C(NC(=O)OCC1c2ccccc2-c2ccccc21)C(=O)NC(C(=O)O)C1CCC1. The van der Waals surface area contributed by atoms with Gasteiger partial charge in [-0.1, -0.05) is 55.0 Å². The molecule has 2 amide bonds. The van der Waals surface area contributed by atoms with E-state index in [1.807, 2.05) is 36.4 Å². The van der Waals surface area contributed by atoms with E-state index in [0.717, 1.165) is 41.5 Å². The molecule has 0 heterocycles. The lowest BCUT2D eigenvalue weighted by Gasteiger charge is -2.33. The second kappa shape index (κ2) is 10.3. The van der Waals surface area contributed by atoms with Crippen molar-refractivity contribution in [1.29, 1.82) is 0 Å². The highest BCUT2D eigenvalue weighted by atomic mass is 16.5. The van der Waals surface area contributed by atoms with Crippen molar-refractivity contribution in [2.75, 3.05) is 13.7 Å². The van der Waals surface area contributed by atoms with E-state index in [2.05, 4.69) is 22.8 Å². The lowest BCUT2D eigenvalue weighted by Crippen LogP contribution is -2.58. The van der Waals surface area contributed by atoms with Crippen molar-refractivity contribution in [2.45, 2.75) is 50.3 Å². The number of nitrogens with one attached hydrogen (secondary N) is 2. The van der Waals surface area contributed by atoms with Crippen LogP contribution in [-0.4, -0.2) is 55.0 Å². The first-order valence-electron chi connectivity index (χ1n) is 11.6. The van der Waals surface area contributed by atoms with Crippen LogP contribution in [0.15, 0.2) is 48.5 Å². The van der Waals surface area contributed by atoms with Crippen LogP contribution in [-0.2, 0) is 19.1 Å². The average molecular weight is 467 g/mol. The second-order valence-electron chi connectivity index (χ2n) is 8.90. The molecule has 2 aromatic carbocycles. The van der Waals surface area contributed by atoms with Gasteiger partial charge in [-0.15, -0.1) is 0 Å². The number of carboxylic acid groups (broad SMARTS) is 1. The molecule has 0 spiro atoms. The first-order chi connectivity index (χ1) is 16.4. The number of fused-ring (bicyclic) bond motifs is 3. The molecule has 0 radical (unpaired) electrons. The smallest absolute Gasteiger partial charge is 0.407 e. The van der Waals surface area contributed by atoms with Gasteiger partial charge in [0.2, 0.25) is 5.91 Å². The van der Waals surface area contributed by atoms with Crippen molar-refractivity contribution in [1.82, 2.24) is 10.6 Å². The Balaban J connectivity index is 1.42. The van der Waals surface area contributed by atoms with Crippen molar-refractivity contribution in [3.8, 4) is 11.1 Å². The van der Waals surface area contributed by atoms with Gasteiger partial charge in [0.25, 0.3) is 0 Å². The van der Waals surface area contributed by atoms with Gasteiger partial charge in [0.15, 0.2) is 0 Å². The highest BCUT2D eigenvalue weighted by Crippen LogP contribution is 2.44. The summed E-state index contributed by atoms with van der Waals surface area (Å²) in [5, 5.41) is 14.7. The zero-order valence-corrected chi connectivity index (χ0v) is 19.3. The highest BCUT2D eigenvalue weighted by molar-refractivity contribution is 5.90. The number of benzene rings is 2. The third kappa shape index (κ3) is 4.77. The van der Waals surface area contributed by atoms with Gasteiger partial charge >= 0.3 is 12.1 Å². The van der Waals surface area contributed by atoms with Gasteiger partial charge < -0.3 is 25.2 Å². The Labute approximate surface area is 198 Å². The molecule has 1 fully saturated rings. The minimum atomic E-state index is -1.09. The summed E-state index contributed by atoms with van der Waals surface area (Å²) in [6, 6.07) is 13.9. The molecule has 3 N–H and O–H groups in total. The van der Waals surface area contributed by atoms with Gasteiger partial charge in [-0.2, -0.15) is 0 Å². The Morgan fingerprint density at radius 2 is 1.59 bits per heavy atom. The Bertz CT molecular complexity index is 1020. The largest absolute Gasteiger partial charge is 0.480 e. The predicted molar refractivity (Wildman–Crippen MR) is 125 cm³/mol. The summed E-state index contributed by atoms with van der Waals surface area (Å²) in [5.41, 5.74) is 4.41. The molecule has 8 heteroatoms. The first-order valence-corrected chi connectivity index (χ1v) is 11.6. The van der Waals surface area contributed by atoms with Crippen molar-refractivity contribution >= 4 is 18.0 Å². The molecule has 180 valence electrons. The normalized spacial score (nSPS) is 17.5. The van der Waals surface area contributed by atoms with Crippen LogP contribution in [0.3, 0.4) is 0 Å². The second-order valence-corrected chi connectivity index (χ2v) is 8.90. The predicted octanol–water partition coefficient (Wildman–Crippen LogP) is 3.30. The van der Waals surface area contributed by atoms with Crippen LogP contribution in [0.1, 0.15) is 43.2 Å². The van der Waals surface area contributed by atoms with E-state index in [1.54, 1.807) is 6.92 Å². The number of ether oxygens (including phenoxy) is 2. The van der Waals surface area contributed by atoms with Crippen LogP contribution in [0.4, 0.5) is 4.79 Å². The summed E-state index contributed by atoms with van der Waals surface area (Å²) >= 11 is 0. The number of hydrogen-bond acceptors (Lipinski definition) is 5. The molecule has 8 nitrogen and oxygen atoms in total. The fourth-order valence-corrected chi connectivity index (χ4v) is 4.70. The lowest BCUT2D eigenvalue weighted by molar-refractivity contribution is -0.145. The maximum Gasteiger partial charge on any atom is 0.407 e. The number of alkyl carbamates (subject to hydrolysis) is 1. The molecule has 2 aliphatic carbocycles. The van der Waals surface area contributed by atoms with Crippen LogP contribution in [0.5, 0.6) is 0 Å². The Morgan fingerprint density at radius 1 is 1.00 bits per heavy atom. The molecule has 0 saturated heterocycles. The molecule has 2 aromatic rings. The van der Waals surface area contributed by atoms with Gasteiger partial charge in [0.05, 0.1) is 6.10 Å². The van der Waals surface area contributed by atoms with Gasteiger partial charge in [-0.3, -0.25) is 4.79 Å². The lowest BCUT2D eigenvalue weighted by atomic mass is 9.79. The van der Waals surface area contributed by atoms with Crippen molar-refractivity contribution in [2.24, 2.45) is 5.92 Å². The topological polar surface area (TPSA) is 114 Å². The zero-order chi connectivity index (χ0) is 24.2. The van der Waals surface area contributed by atoms with E-state index in [4.69, 9.17) is 9.47 Å². The van der Waals surface area contributed by atoms with Crippen LogP contribution in [0.2, 0.25) is 0 Å². The molecule has 2 aliphatic rings. The number of rotatable bonds is 9. The molecule has 0 aliphatic heterocycles. The van der Waals surface area contributed by atoms with E-state index >= 15 is 0 Å². The molecule has 3 atom stereocenters. The fourth-order valence-electron chi connectivity index (χ4n) is 4.70. The number of carboxylic acids is 1. The number of methoxy groups -OCH3 is 1. The third-order valence-corrected chi connectivity index (χ3v) is 6.93. The van der Waals surface area contributed by atoms with Gasteiger partial charge in [-0.05, 0) is 47.9 Å². The first kappa shape index (κ1) is 23.8. The number of carbonyl (C=O) groups excluding carboxylic acids is 2. The minimum Gasteiger partial charge on any atom is -0.480 e. The summed E-state index contributed by atoms with van der Waals surface area (Å²) in [7, 11) is 1.42. The van der Waals surface area contributed by atoms with Crippen LogP contribution >= 0.6 is 0 Å². The van der Waals surface area contributed by atoms with E-state index in [1.165, 1.54) is 7.11 Å². The van der Waals surface area contributed by atoms with Crippen LogP contribution < -0.4 is 10.6 Å². The van der Waals surface area contributed by atoms with E-state index in [9.17, 15) is 19.5 Å². The Morgan fingerprint density at radius 3 is 2.09 bits per heavy atom. The maximum atomic E-state index is 12.9. The summed E-state index contributed by atoms with van der Waals surface area (Å²) in [6.07, 6.45) is 1.00. The molecule has 0 aromatic heterocycles. The molecule has 1 saturated carbocycles. The number of carbonyl (C=O) groups is 3. The third-order valence-electron chi connectivity index (χ3n) is 6.93. The standard InChI is InChI=1S/C26H30N2O6/c1-15(33-2)22(24(29)27-23(25(30)31)16-8-7-9-16)28-26(32)34-14-21-19-12-5-3-10-17(19)18-11-4-6-13-20(18)21/h3-6,10-13,15-16,21-23H,7-9,14H2,1-2H3,(H,27,29)(H,28,32)(H,30,31). The van der Waals surface area contributed by atoms with E-state index in [0.29, 0.717) is 0 Å². The monoisotopic (exact) mass is 466 g/mol. The molecular weight excluding hydrogens is 436 g/mol. The summed E-state index contributed by atoms with van der Waals surface area (Å²) < 4.78 is 10.8. The quantitative estimate of drug-likeness (QED) is 0.523. The number of aliphatic carboxylic acids is 1. The summed E-state index contributed by atoms with van der Waals surface area (Å²) in [5.74, 6) is -1.90. The molecular formula is C26H30N2O6. The fraction of sp³-hybridized carbons (Fsp3) is 0.423. The molecule has 34 heavy (non-hydrogen) atoms. The van der Waals surface area contributed by atoms with Crippen molar-refractivity contribution < 1.29 is 29.0 Å². The molecule has 4 rings (SSSR count). The zero-order valence-electron chi connectivity index (χ0n) is 19.3.